The van der Waals surface area contributed by atoms with E-state index in [-0.39, 0.29) is 5.75 Å². The highest BCUT2D eigenvalue weighted by Crippen LogP contribution is 2.27. The molecule has 0 radical (unpaired) electrons. The molecule has 2 atom stereocenters. The number of phenolic OH excluding ortho intramolecular Hbond substituents is 1. The minimum Gasteiger partial charge on any atom is -0.508 e. The lowest BCUT2D eigenvalue weighted by atomic mass is 9.83. The maximum Gasteiger partial charge on any atom is 0.119 e. The molecule has 1 aliphatic heterocycles. The number of aliphatic hydroxyl groups is 2. The van der Waals surface area contributed by atoms with E-state index in [0.29, 0.717) is 38.3 Å². The third kappa shape index (κ3) is 4.72. The molecule has 2 aromatic rings. The van der Waals surface area contributed by atoms with E-state index in [1.807, 2.05) is 30.3 Å². The number of benzene rings is 2. The quantitative estimate of drug-likeness (QED) is 0.746. The summed E-state index contributed by atoms with van der Waals surface area (Å²) in [6.45, 7) is 2.33. The van der Waals surface area contributed by atoms with Gasteiger partial charge in [0.2, 0.25) is 0 Å². The third-order valence-electron chi connectivity index (χ3n) is 4.78. The summed E-state index contributed by atoms with van der Waals surface area (Å²) in [5, 5.41) is 30.5. The van der Waals surface area contributed by atoms with Gasteiger partial charge in [-0.1, -0.05) is 30.3 Å². The van der Waals surface area contributed by atoms with E-state index in [9.17, 15) is 15.3 Å². The van der Waals surface area contributed by atoms with Gasteiger partial charge in [0.25, 0.3) is 0 Å². The summed E-state index contributed by atoms with van der Waals surface area (Å²) in [6.07, 6.45) is 0.213. The van der Waals surface area contributed by atoms with Crippen molar-refractivity contribution in [1.82, 2.24) is 4.90 Å². The van der Waals surface area contributed by atoms with Gasteiger partial charge in [-0.15, -0.1) is 0 Å². The van der Waals surface area contributed by atoms with Gasteiger partial charge in [0, 0.05) is 26.1 Å². The van der Waals surface area contributed by atoms with Crippen molar-refractivity contribution in [3.63, 3.8) is 0 Å². The van der Waals surface area contributed by atoms with Crippen molar-refractivity contribution in [2.75, 3.05) is 26.2 Å². The number of β-amino-alcohol motifs (C(OH)–C–C–N with tert-alkyl or cyclic N) is 1. The zero-order chi connectivity index (χ0) is 17.7. The van der Waals surface area contributed by atoms with E-state index in [2.05, 4.69) is 4.90 Å². The van der Waals surface area contributed by atoms with Crippen LogP contribution in [0.5, 0.6) is 11.5 Å². The van der Waals surface area contributed by atoms with E-state index in [0.717, 1.165) is 12.1 Å². The molecule has 1 saturated heterocycles. The van der Waals surface area contributed by atoms with Crippen molar-refractivity contribution in [3.8, 4) is 11.5 Å². The van der Waals surface area contributed by atoms with Crippen LogP contribution in [-0.2, 0) is 6.42 Å². The molecule has 134 valence electrons. The Labute approximate surface area is 148 Å². The van der Waals surface area contributed by atoms with E-state index in [4.69, 9.17) is 4.74 Å². The Hall–Kier alpha value is -2.08. The first kappa shape index (κ1) is 17.7. The minimum atomic E-state index is -1.07. The molecule has 0 amide bonds. The van der Waals surface area contributed by atoms with Crippen LogP contribution in [0, 0.1) is 0 Å². The molecule has 0 spiro atoms. The molecule has 1 fully saturated rings. The highest BCUT2D eigenvalue weighted by molar-refractivity contribution is 5.30. The summed E-state index contributed by atoms with van der Waals surface area (Å²) in [7, 11) is 0. The van der Waals surface area contributed by atoms with Gasteiger partial charge in [0.15, 0.2) is 0 Å². The Kier molecular flexibility index (Phi) is 5.58. The lowest BCUT2D eigenvalue weighted by Gasteiger charge is -2.42. The summed E-state index contributed by atoms with van der Waals surface area (Å²) in [5.74, 6) is 0.917. The van der Waals surface area contributed by atoms with E-state index < -0.39 is 11.7 Å². The highest BCUT2D eigenvalue weighted by Gasteiger charge is 2.40. The maximum atomic E-state index is 10.8. The summed E-state index contributed by atoms with van der Waals surface area (Å²) in [6, 6.07) is 16.4. The van der Waals surface area contributed by atoms with Crippen LogP contribution in [0.25, 0.3) is 0 Å². The SMILES string of the molecule is Oc1ccc(OCCN2CC[C@](O)(Cc3ccccc3)C(O)C2)cc1. The van der Waals surface area contributed by atoms with Crippen molar-refractivity contribution < 1.29 is 20.1 Å². The van der Waals surface area contributed by atoms with Crippen molar-refractivity contribution in [2.24, 2.45) is 0 Å². The second-order valence-electron chi connectivity index (χ2n) is 6.67. The summed E-state index contributed by atoms with van der Waals surface area (Å²) in [4.78, 5) is 2.10. The molecule has 5 nitrogen and oxygen atoms in total. The first-order valence-corrected chi connectivity index (χ1v) is 8.64. The number of piperidine rings is 1. The molecule has 25 heavy (non-hydrogen) atoms. The van der Waals surface area contributed by atoms with E-state index >= 15 is 0 Å². The number of aromatic hydroxyl groups is 1. The van der Waals surface area contributed by atoms with Gasteiger partial charge in [-0.05, 0) is 36.2 Å². The van der Waals surface area contributed by atoms with Gasteiger partial charge in [-0.25, -0.2) is 0 Å². The lowest BCUT2D eigenvalue weighted by Crippen LogP contribution is -2.57. The number of nitrogens with zero attached hydrogens (tertiary/aromatic N) is 1. The zero-order valence-electron chi connectivity index (χ0n) is 14.2. The average molecular weight is 343 g/mol. The van der Waals surface area contributed by atoms with Crippen LogP contribution in [-0.4, -0.2) is 58.2 Å². The molecule has 0 bridgehead atoms. The van der Waals surface area contributed by atoms with Gasteiger partial charge in [-0.2, -0.15) is 0 Å². The second kappa shape index (κ2) is 7.87. The normalized spacial score (nSPS) is 24.2. The zero-order valence-corrected chi connectivity index (χ0v) is 14.2. The van der Waals surface area contributed by atoms with Crippen LogP contribution >= 0.6 is 0 Å². The molecule has 1 aliphatic rings. The Morgan fingerprint density at radius 3 is 2.48 bits per heavy atom. The first-order valence-electron chi connectivity index (χ1n) is 8.64. The van der Waals surface area contributed by atoms with Crippen LogP contribution < -0.4 is 4.74 Å². The fourth-order valence-corrected chi connectivity index (χ4v) is 3.22. The molecule has 3 rings (SSSR count). The van der Waals surface area contributed by atoms with Crippen LogP contribution in [0.1, 0.15) is 12.0 Å². The maximum absolute atomic E-state index is 10.8. The van der Waals surface area contributed by atoms with Gasteiger partial charge in [0.1, 0.15) is 18.1 Å². The van der Waals surface area contributed by atoms with Crippen molar-refractivity contribution >= 4 is 0 Å². The molecular formula is C20H25NO4. The molecule has 5 heteroatoms. The van der Waals surface area contributed by atoms with Gasteiger partial charge in [0.05, 0.1) is 11.7 Å². The number of hydrogen-bond acceptors (Lipinski definition) is 5. The fraction of sp³-hybridized carbons (Fsp3) is 0.400. The number of phenols is 1. The minimum absolute atomic E-state index is 0.212. The van der Waals surface area contributed by atoms with E-state index in [1.54, 1.807) is 24.3 Å². The van der Waals surface area contributed by atoms with Crippen LogP contribution in [0.4, 0.5) is 0 Å². The molecular weight excluding hydrogens is 318 g/mol. The highest BCUT2D eigenvalue weighted by atomic mass is 16.5. The molecule has 0 aromatic heterocycles. The van der Waals surface area contributed by atoms with Crippen molar-refractivity contribution in [3.05, 3.63) is 60.2 Å². The largest absolute Gasteiger partial charge is 0.508 e. The summed E-state index contributed by atoms with van der Waals surface area (Å²) in [5.41, 5.74) is -0.0384. The topological polar surface area (TPSA) is 73.2 Å². The Bertz CT molecular complexity index is 661. The second-order valence-corrected chi connectivity index (χ2v) is 6.67. The number of hydrogen-bond donors (Lipinski definition) is 3. The Morgan fingerprint density at radius 1 is 1.08 bits per heavy atom. The molecule has 1 unspecified atom stereocenters. The van der Waals surface area contributed by atoms with Gasteiger partial charge >= 0.3 is 0 Å². The van der Waals surface area contributed by atoms with Crippen LogP contribution in [0.2, 0.25) is 0 Å². The third-order valence-corrected chi connectivity index (χ3v) is 4.78. The van der Waals surface area contributed by atoms with Gasteiger partial charge in [-0.3, -0.25) is 4.90 Å². The van der Waals surface area contributed by atoms with Crippen molar-refractivity contribution in [2.45, 2.75) is 24.5 Å². The first-order chi connectivity index (χ1) is 12.0. The Balaban J connectivity index is 1.47. The Morgan fingerprint density at radius 2 is 1.80 bits per heavy atom. The van der Waals surface area contributed by atoms with E-state index in [1.165, 1.54) is 0 Å². The standard InChI is InChI=1S/C20H25NO4/c22-17-6-8-18(9-7-17)25-13-12-21-11-10-20(24,19(23)15-21)14-16-4-2-1-3-5-16/h1-9,19,22-24H,10-15H2/t19?,20-/m0/s1. The summed E-state index contributed by atoms with van der Waals surface area (Å²) < 4.78 is 5.65. The number of aliphatic hydroxyl groups excluding tert-OH is 1. The molecule has 0 aliphatic carbocycles. The monoisotopic (exact) mass is 343 g/mol. The predicted octanol–water partition coefficient (Wildman–Crippen LogP) is 1.81. The molecule has 1 heterocycles. The molecule has 3 N–H and O–H groups in total. The lowest BCUT2D eigenvalue weighted by molar-refractivity contribution is -0.119. The number of ether oxygens (including phenoxy) is 1. The van der Waals surface area contributed by atoms with Crippen molar-refractivity contribution in [1.29, 1.82) is 0 Å². The summed E-state index contributed by atoms with van der Waals surface area (Å²) >= 11 is 0. The van der Waals surface area contributed by atoms with Crippen LogP contribution in [0.15, 0.2) is 54.6 Å². The predicted molar refractivity (Wildman–Crippen MR) is 95.8 cm³/mol. The smallest absolute Gasteiger partial charge is 0.119 e. The fourth-order valence-electron chi connectivity index (χ4n) is 3.22. The van der Waals surface area contributed by atoms with Gasteiger partial charge < -0.3 is 20.1 Å². The average Bonchev–Trinajstić information content (AvgIpc) is 2.61. The number of rotatable bonds is 6. The molecule has 2 aromatic carbocycles. The van der Waals surface area contributed by atoms with Crippen LogP contribution in [0.3, 0.4) is 0 Å². The number of likely N-dealkylation sites (tertiary alicyclic amines) is 1. The molecule has 0 saturated carbocycles.